The SMILES string of the molecule is COc1ccc(/C=C2\SC(=O)N(CC(=O)N3CCCCCC3)C2=O)c(OC)c1C. The van der Waals surface area contributed by atoms with Crippen molar-refractivity contribution in [2.75, 3.05) is 33.9 Å². The molecule has 0 spiro atoms. The van der Waals surface area contributed by atoms with Crippen LogP contribution in [0.2, 0.25) is 0 Å². The Balaban J connectivity index is 1.78. The van der Waals surface area contributed by atoms with Crippen molar-refractivity contribution < 1.29 is 23.9 Å². The maximum atomic E-state index is 12.8. The molecule has 1 aromatic carbocycles. The number of hydrogen-bond donors (Lipinski definition) is 0. The molecule has 0 atom stereocenters. The van der Waals surface area contributed by atoms with Gasteiger partial charge in [0.2, 0.25) is 5.91 Å². The zero-order chi connectivity index (χ0) is 21.0. The number of benzene rings is 1. The summed E-state index contributed by atoms with van der Waals surface area (Å²) in [6.07, 6.45) is 5.77. The Morgan fingerprint density at radius 3 is 2.41 bits per heavy atom. The summed E-state index contributed by atoms with van der Waals surface area (Å²) in [6, 6.07) is 3.57. The Morgan fingerprint density at radius 1 is 1.10 bits per heavy atom. The van der Waals surface area contributed by atoms with Gasteiger partial charge in [0, 0.05) is 24.2 Å². The van der Waals surface area contributed by atoms with Crippen LogP contribution in [0.1, 0.15) is 36.8 Å². The molecule has 156 valence electrons. The molecule has 7 nitrogen and oxygen atoms in total. The largest absolute Gasteiger partial charge is 0.496 e. The van der Waals surface area contributed by atoms with Crippen LogP contribution >= 0.6 is 11.8 Å². The highest BCUT2D eigenvalue weighted by molar-refractivity contribution is 8.18. The fourth-order valence-corrected chi connectivity index (χ4v) is 4.46. The monoisotopic (exact) mass is 418 g/mol. The molecule has 2 heterocycles. The summed E-state index contributed by atoms with van der Waals surface area (Å²) in [5.74, 6) is 0.638. The lowest BCUT2D eigenvalue weighted by molar-refractivity contribution is -0.135. The minimum atomic E-state index is -0.446. The van der Waals surface area contributed by atoms with Crippen LogP contribution in [-0.2, 0) is 9.59 Å². The van der Waals surface area contributed by atoms with E-state index in [1.165, 1.54) is 0 Å². The maximum absolute atomic E-state index is 12.8. The number of amides is 3. The summed E-state index contributed by atoms with van der Waals surface area (Å²) in [4.78, 5) is 40.9. The first-order valence-corrected chi connectivity index (χ1v) is 10.5. The molecule has 0 aromatic heterocycles. The molecule has 2 saturated heterocycles. The number of ether oxygens (including phenoxy) is 2. The molecule has 0 bridgehead atoms. The summed E-state index contributed by atoms with van der Waals surface area (Å²) >= 11 is 0.845. The topological polar surface area (TPSA) is 76.2 Å². The van der Waals surface area contributed by atoms with Crippen LogP contribution in [-0.4, -0.2) is 60.7 Å². The summed E-state index contributed by atoms with van der Waals surface area (Å²) in [5.41, 5.74) is 1.48. The van der Waals surface area contributed by atoms with E-state index in [0.717, 1.165) is 47.9 Å². The molecule has 0 saturated carbocycles. The predicted molar refractivity (Wildman–Crippen MR) is 112 cm³/mol. The smallest absolute Gasteiger partial charge is 0.294 e. The molecule has 1 aromatic rings. The molecule has 2 aliphatic heterocycles. The number of likely N-dealkylation sites (tertiary alicyclic amines) is 1. The van der Waals surface area contributed by atoms with Gasteiger partial charge >= 0.3 is 0 Å². The van der Waals surface area contributed by atoms with Crippen molar-refractivity contribution in [2.24, 2.45) is 0 Å². The third kappa shape index (κ3) is 4.58. The third-order valence-electron chi connectivity index (χ3n) is 5.22. The van der Waals surface area contributed by atoms with Gasteiger partial charge in [-0.1, -0.05) is 12.8 Å². The second-order valence-electron chi connectivity index (χ2n) is 7.08. The molecule has 29 heavy (non-hydrogen) atoms. The van der Waals surface area contributed by atoms with Gasteiger partial charge in [0.1, 0.15) is 18.0 Å². The van der Waals surface area contributed by atoms with E-state index in [-0.39, 0.29) is 17.4 Å². The zero-order valence-electron chi connectivity index (χ0n) is 17.0. The second-order valence-corrected chi connectivity index (χ2v) is 8.07. The molecule has 0 radical (unpaired) electrons. The van der Waals surface area contributed by atoms with Crippen LogP contribution < -0.4 is 9.47 Å². The van der Waals surface area contributed by atoms with Crippen molar-refractivity contribution in [3.63, 3.8) is 0 Å². The summed E-state index contributed by atoms with van der Waals surface area (Å²) in [6.45, 7) is 3.03. The molecule has 3 rings (SSSR count). The van der Waals surface area contributed by atoms with E-state index in [0.29, 0.717) is 30.2 Å². The Kier molecular flexibility index (Phi) is 6.84. The van der Waals surface area contributed by atoms with E-state index < -0.39 is 11.1 Å². The van der Waals surface area contributed by atoms with Crippen LogP contribution in [0, 0.1) is 6.92 Å². The van der Waals surface area contributed by atoms with Gasteiger partial charge in [-0.15, -0.1) is 0 Å². The first-order chi connectivity index (χ1) is 14.0. The average Bonchev–Trinajstić information content (AvgIpc) is 2.90. The van der Waals surface area contributed by atoms with Crippen LogP contribution in [0.15, 0.2) is 17.0 Å². The van der Waals surface area contributed by atoms with Crippen molar-refractivity contribution in [3.8, 4) is 11.5 Å². The fraction of sp³-hybridized carbons (Fsp3) is 0.476. The number of imide groups is 1. The van der Waals surface area contributed by atoms with E-state index in [4.69, 9.17) is 9.47 Å². The zero-order valence-corrected chi connectivity index (χ0v) is 17.8. The Morgan fingerprint density at radius 2 is 1.79 bits per heavy atom. The van der Waals surface area contributed by atoms with Crippen LogP contribution in [0.5, 0.6) is 11.5 Å². The van der Waals surface area contributed by atoms with Gasteiger partial charge in [0.15, 0.2) is 0 Å². The Hall–Kier alpha value is -2.48. The van der Waals surface area contributed by atoms with Crippen LogP contribution in [0.3, 0.4) is 0 Å². The molecule has 8 heteroatoms. The summed E-state index contributed by atoms with van der Waals surface area (Å²) < 4.78 is 10.8. The number of hydrogen-bond acceptors (Lipinski definition) is 6. The number of carbonyl (C=O) groups excluding carboxylic acids is 3. The van der Waals surface area contributed by atoms with Crippen molar-refractivity contribution in [2.45, 2.75) is 32.6 Å². The maximum Gasteiger partial charge on any atom is 0.294 e. The first kappa shape index (κ1) is 21.2. The lowest BCUT2D eigenvalue weighted by atomic mass is 10.1. The summed E-state index contributed by atoms with van der Waals surface area (Å²) in [7, 11) is 3.12. The predicted octanol–water partition coefficient (Wildman–Crippen LogP) is 3.45. The molecule has 0 unspecified atom stereocenters. The van der Waals surface area contributed by atoms with Gasteiger partial charge in [0.25, 0.3) is 11.1 Å². The van der Waals surface area contributed by atoms with Crippen molar-refractivity contribution >= 4 is 34.9 Å². The van der Waals surface area contributed by atoms with Crippen molar-refractivity contribution in [1.82, 2.24) is 9.80 Å². The molecular formula is C21H26N2O5S. The molecule has 3 amide bonds. The van der Waals surface area contributed by atoms with Gasteiger partial charge in [-0.3, -0.25) is 19.3 Å². The van der Waals surface area contributed by atoms with E-state index in [9.17, 15) is 14.4 Å². The Bertz CT molecular complexity index is 844. The highest BCUT2D eigenvalue weighted by atomic mass is 32.2. The lowest BCUT2D eigenvalue weighted by Crippen LogP contribution is -2.42. The first-order valence-electron chi connectivity index (χ1n) is 9.71. The fourth-order valence-electron chi connectivity index (χ4n) is 3.63. The van der Waals surface area contributed by atoms with Gasteiger partial charge in [-0.2, -0.15) is 0 Å². The number of carbonyl (C=O) groups is 3. The highest BCUT2D eigenvalue weighted by Crippen LogP contribution is 2.37. The molecule has 2 fully saturated rings. The number of methoxy groups -OCH3 is 2. The number of nitrogens with zero attached hydrogens (tertiary/aromatic N) is 2. The van der Waals surface area contributed by atoms with Gasteiger partial charge in [-0.25, -0.2) is 0 Å². The minimum Gasteiger partial charge on any atom is -0.496 e. The Labute approximate surface area is 175 Å². The van der Waals surface area contributed by atoms with E-state index >= 15 is 0 Å². The molecular weight excluding hydrogens is 392 g/mol. The second kappa shape index (κ2) is 9.35. The van der Waals surface area contributed by atoms with Crippen LogP contribution in [0.25, 0.3) is 6.08 Å². The standard InChI is InChI=1S/C21H26N2O5S/c1-14-16(27-2)9-8-15(19(14)28-3)12-17-20(25)23(21(26)29-17)13-18(24)22-10-6-4-5-7-11-22/h8-9,12H,4-7,10-11,13H2,1-3H3/b17-12-. The van der Waals surface area contributed by atoms with E-state index in [1.54, 1.807) is 37.3 Å². The third-order valence-corrected chi connectivity index (χ3v) is 6.13. The molecule has 0 N–H and O–H groups in total. The molecule has 2 aliphatic rings. The van der Waals surface area contributed by atoms with Gasteiger partial charge in [-0.05, 0) is 49.7 Å². The normalized spacial score (nSPS) is 18.9. The number of thioether (sulfide) groups is 1. The van der Waals surface area contributed by atoms with Crippen molar-refractivity contribution in [3.05, 3.63) is 28.2 Å². The van der Waals surface area contributed by atoms with Crippen LogP contribution in [0.4, 0.5) is 4.79 Å². The lowest BCUT2D eigenvalue weighted by Gasteiger charge is -2.22. The minimum absolute atomic E-state index is 0.173. The van der Waals surface area contributed by atoms with E-state index in [1.807, 2.05) is 6.92 Å². The quantitative estimate of drug-likeness (QED) is 0.682. The van der Waals surface area contributed by atoms with E-state index in [2.05, 4.69) is 0 Å². The molecule has 0 aliphatic carbocycles. The summed E-state index contributed by atoms with van der Waals surface area (Å²) in [5, 5.41) is -0.423. The van der Waals surface area contributed by atoms with Gasteiger partial charge < -0.3 is 14.4 Å². The average molecular weight is 419 g/mol. The van der Waals surface area contributed by atoms with Gasteiger partial charge in [0.05, 0.1) is 19.1 Å². The van der Waals surface area contributed by atoms with Crippen molar-refractivity contribution in [1.29, 1.82) is 0 Å². The number of rotatable bonds is 5. The highest BCUT2D eigenvalue weighted by Gasteiger charge is 2.37.